The van der Waals surface area contributed by atoms with Gasteiger partial charge in [-0.05, 0) is 41.8 Å². The average molecular weight is 532 g/mol. The lowest BCUT2D eigenvalue weighted by Crippen LogP contribution is -2.50. The molecule has 1 aliphatic heterocycles. The van der Waals surface area contributed by atoms with Crippen LogP contribution in [0.5, 0.6) is 0 Å². The van der Waals surface area contributed by atoms with Gasteiger partial charge in [0.25, 0.3) is 5.91 Å². The molecule has 194 valence electrons. The van der Waals surface area contributed by atoms with Gasteiger partial charge in [0.15, 0.2) is 0 Å². The lowest BCUT2D eigenvalue weighted by atomic mass is 9.95. The average Bonchev–Trinajstić information content (AvgIpc) is 2.98. The SMILES string of the molecule is Cc1c(-c2cccc(Cl)c2)nc2ccccc2c1C(=O)N1CCN(C(c2ccccc2)c2ccccc2)CC1. The van der Waals surface area contributed by atoms with Crippen LogP contribution in [0.2, 0.25) is 5.02 Å². The lowest BCUT2D eigenvalue weighted by Gasteiger charge is -2.40. The molecule has 0 spiro atoms. The largest absolute Gasteiger partial charge is 0.336 e. The normalized spacial score (nSPS) is 14.2. The fourth-order valence-corrected chi connectivity index (χ4v) is 5.92. The number of benzene rings is 4. The molecule has 6 rings (SSSR count). The maximum absolute atomic E-state index is 14.2. The van der Waals surface area contributed by atoms with Gasteiger partial charge >= 0.3 is 0 Å². The van der Waals surface area contributed by atoms with Crippen molar-refractivity contribution in [1.82, 2.24) is 14.8 Å². The summed E-state index contributed by atoms with van der Waals surface area (Å²) in [4.78, 5) is 23.6. The van der Waals surface area contributed by atoms with Crippen LogP contribution in [0.25, 0.3) is 22.2 Å². The Morgan fingerprint density at radius 3 is 2.03 bits per heavy atom. The summed E-state index contributed by atoms with van der Waals surface area (Å²) >= 11 is 6.31. The molecule has 5 heteroatoms. The molecule has 2 heterocycles. The van der Waals surface area contributed by atoms with Crippen LogP contribution in [-0.2, 0) is 0 Å². The first-order chi connectivity index (χ1) is 19.1. The first kappa shape index (κ1) is 25.3. The Bertz CT molecular complexity index is 1570. The van der Waals surface area contributed by atoms with Crippen molar-refractivity contribution in [2.45, 2.75) is 13.0 Å². The molecule has 0 atom stereocenters. The summed E-state index contributed by atoms with van der Waals surface area (Å²) in [6.45, 7) is 4.92. The number of amides is 1. The molecule has 1 fully saturated rings. The topological polar surface area (TPSA) is 36.4 Å². The van der Waals surface area contributed by atoms with Crippen LogP contribution in [0.1, 0.15) is 33.1 Å². The summed E-state index contributed by atoms with van der Waals surface area (Å²) in [5.74, 6) is 0.0602. The van der Waals surface area contributed by atoms with Crippen molar-refractivity contribution in [2.24, 2.45) is 0 Å². The van der Waals surface area contributed by atoms with Crippen LogP contribution >= 0.6 is 11.6 Å². The van der Waals surface area contributed by atoms with E-state index in [1.165, 1.54) is 11.1 Å². The van der Waals surface area contributed by atoms with E-state index in [1.54, 1.807) is 0 Å². The quantitative estimate of drug-likeness (QED) is 0.237. The molecule has 5 aromatic rings. The minimum atomic E-state index is 0.0602. The van der Waals surface area contributed by atoms with Gasteiger partial charge in [0, 0.05) is 42.2 Å². The molecule has 0 bridgehead atoms. The third kappa shape index (κ3) is 5.06. The van der Waals surface area contributed by atoms with E-state index in [9.17, 15) is 4.79 Å². The Morgan fingerprint density at radius 1 is 0.769 bits per heavy atom. The zero-order valence-corrected chi connectivity index (χ0v) is 22.7. The third-order valence-corrected chi connectivity index (χ3v) is 7.88. The monoisotopic (exact) mass is 531 g/mol. The molecular weight excluding hydrogens is 502 g/mol. The highest BCUT2D eigenvalue weighted by molar-refractivity contribution is 6.30. The molecule has 0 unspecified atom stereocenters. The maximum Gasteiger partial charge on any atom is 0.254 e. The van der Waals surface area contributed by atoms with E-state index in [4.69, 9.17) is 16.6 Å². The Hall–Kier alpha value is -3.99. The van der Waals surface area contributed by atoms with Gasteiger partial charge in [-0.2, -0.15) is 0 Å². The summed E-state index contributed by atoms with van der Waals surface area (Å²) < 4.78 is 0. The Kier molecular flexibility index (Phi) is 7.14. The first-order valence-electron chi connectivity index (χ1n) is 13.4. The molecule has 0 N–H and O–H groups in total. The fraction of sp³-hybridized carbons (Fsp3) is 0.176. The van der Waals surface area contributed by atoms with Crippen LogP contribution < -0.4 is 0 Å². The molecular formula is C34H30ClN3O. The summed E-state index contributed by atoms with van der Waals surface area (Å²) in [5, 5.41) is 1.54. The summed E-state index contributed by atoms with van der Waals surface area (Å²) in [6.07, 6.45) is 0. The molecule has 4 nitrogen and oxygen atoms in total. The van der Waals surface area contributed by atoms with Crippen molar-refractivity contribution in [2.75, 3.05) is 26.2 Å². The fourth-order valence-electron chi connectivity index (χ4n) is 5.73. The summed E-state index contributed by atoms with van der Waals surface area (Å²) in [7, 11) is 0. The van der Waals surface area contributed by atoms with E-state index < -0.39 is 0 Å². The van der Waals surface area contributed by atoms with Crippen LogP contribution in [0.4, 0.5) is 0 Å². The minimum Gasteiger partial charge on any atom is -0.336 e. The van der Waals surface area contributed by atoms with Crippen molar-refractivity contribution < 1.29 is 4.79 Å². The number of aromatic nitrogens is 1. The maximum atomic E-state index is 14.2. The molecule has 0 saturated carbocycles. The molecule has 4 aromatic carbocycles. The summed E-state index contributed by atoms with van der Waals surface area (Å²) in [5.41, 5.74) is 6.68. The zero-order chi connectivity index (χ0) is 26.8. The third-order valence-electron chi connectivity index (χ3n) is 7.65. The number of para-hydroxylation sites is 1. The van der Waals surface area contributed by atoms with E-state index >= 15 is 0 Å². The smallest absolute Gasteiger partial charge is 0.254 e. The van der Waals surface area contributed by atoms with Crippen LogP contribution in [0.15, 0.2) is 109 Å². The number of halogens is 1. The van der Waals surface area contributed by atoms with Gasteiger partial charge in [-0.15, -0.1) is 0 Å². The molecule has 1 amide bonds. The molecule has 39 heavy (non-hydrogen) atoms. The van der Waals surface area contributed by atoms with Gasteiger partial charge in [-0.25, -0.2) is 4.98 Å². The van der Waals surface area contributed by atoms with E-state index in [1.807, 2.05) is 60.4 Å². The number of piperazine rings is 1. The Labute approximate surface area is 234 Å². The van der Waals surface area contributed by atoms with Gasteiger partial charge < -0.3 is 4.90 Å². The highest BCUT2D eigenvalue weighted by Crippen LogP contribution is 2.33. The van der Waals surface area contributed by atoms with Crippen molar-refractivity contribution in [3.05, 3.63) is 136 Å². The lowest BCUT2D eigenvalue weighted by molar-refractivity contribution is 0.0598. The van der Waals surface area contributed by atoms with Crippen LogP contribution in [0.3, 0.4) is 0 Å². The number of hydrogen-bond acceptors (Lipinski definition) is 3. The Balaban J connectivity index is 1.31. The second-order valence-corrected chi connectivity index (χ2v) is 10.5. The van der Waals surface area contributed by atoms with Crippen molar-refractivity contribution in [3.63, 3.8) is 0 Å². The molecule has 1 aromatic heterocycles. The van der Waals surface area contributed by atoms with Crippen molar-refractivity contribution in [1.29, 1.82) is 0 Å². The minimum absolute atomic E-state index is 0.0602. The van der Waals surface area contributed by atoms with E-state index in [0.29, 0.717) is 18.1 Å². The summed E-state index contributed by atoms with van der Waals surface area (Å²) in [6, 6.07) is 37.0. The van der Waals surface area contributed by atoms with Gasteiger partial charge in [0.2, 0.25) is 0 Å². The molecule has 1 aliphatic rings. The molecule has 1 saturated heterocycles. The predicted octanol–water partition coefficient (Wildman–Crippen LogP) is 7.41. The zero-order valence-electron chi connectivity index (χ0n) is 21.9. The second kappa shape index (κ2) is 11.0. The number of carbonyl (C=O) groups is 1. The van der Waals surface area contributed by atoms with Gasteiger partial charge in [0.05, 0.1) is 22.8 Å². The van der Waals surface area contributed by atoms with Crippen LogP contribution in [0, 0.1) is 6.92 Å². The second-order valence-electron chi connectivity index (χ2n) is 10.0. The van der Waals surface area contributed by atoms with Gasteiger partial charge in [-0.1, -0.05) is 103 Å². The van der Waals surface area contributed by atoms with Gasteiger partial charge in [-0.3, -0.25) is 9.69 Å². The first-order valence-corrected chi connectivity index (χ1v) is 13.8. The van der Waals surface area contributed by atoms with Gasteiger partial charge in [0.1, 0.15) is 0 Å². The highest BCUT2D eigenvalue weighted by Gasteiger charge is 2.30. The number of pyridine rings is 1. The Morgan fingerprint density at radius 2 is 1.38 bits per heavy atom. The van der Waals surface area contributed by atoms with E-state index in [0.717, 1.165) is 46.4 Å². The number of hydrogen-bond donors (Lipinski definition) is 0. The molecule has 0 aliphatic carbocycles. The van der Waals surface area contributed by atoms with Crippen LogP contribution in [-0.4, -0.2) is 46.9 Å². The number of nitrogens with zero attached hydrogens (tertiary/aromatic N) is 3. The highest BCUT2D eigenvalue weighted by atomic mass is 35.5. The molecule has 0 radical (unpaired) electrons. The van der Waals surface area contributed by atoms with Crippen molar-refractivity contribution in [3.8, 4) is 11.3 Å². The standard InChI is InChI=1S/C34H30ClN3O/c1-24-31(29-17-8-9-18-30(29)36-32(24)27-15-10-16-28(35)23-27)34(39)38-21-19-37(20-22-38)33(25-11-4-2-5-12-25)26-13-6-3-7-14-26/h2-18,23,33H,19-22H2,1H3. The predicted molar refractivity (Wildman–Crippen MR) is 159 cm³/mol. The van der Waals surface area contributed by atoms with E-state index in [2.05, 4.69) is 65.6 Å². The number of carbonyl (C=O) groups excluding carboxylic acids is 1. The van der Waals surface area contributed by atoms with E-state index in [-0.39, 0.29) is 11.9 Å². The van der Waals surface area contributed by atoms with Crippen molar-refractivity contribution >= 4 is 28.4 Å². The number of fused-ring (bicyclic) bond motifs is 1. The number of rotatable bonds is 5.